The van der Waals surface area contributed by atoms with Crippen LogP contribution in [-0.2, 0) is 27.2 Å². The number of benzene rings is 3. The third-order valence-corrected chi connectivity index (χ3v) is 10.1. The van der Waals surface area contributed by atoms with E-state index in [1.807, 2.05) is 0 Å². The van der Waals surface area contributed by atoms with Crippen molar-refractivity contribution in [3.05, 3.63) is 128 Å². The number of aromatic nitrogens is 1. The summed E-state index contributed by atoms with van der Waals surface area (Å²) < 4.78 is 37.8. The van der Waals surface area contributed by atoms with Crippen molar-refractivity contribution < 1.29 is 37.7 Å². The Morgan fingerprint density at radius 3 is 2.35 bits per heavy atom. The van der Waals surface area contributed by atoms with E-state index < -0.39 is 29.9 Å². The predicted octanol–water partition coefficient (Wildman–Crippen LogP) is 6.39. The molecule has 268 valence electrons. The van der Waals surface area contributed by atoms with Gasteiger partial charge in [-0.3, -0.25) is 10.2 Å². The number of rotatable bonds is 13. The third-order valence-electron chi connectivity index (χ3n) is 9.43. The molecule has 3 atom stereocenters. The van der Waals surface area contributed by atoms with E-state index in [9.17, 15) is 19.2 Å². The first-order valence-electron chi connectivity index (χ1n) is 16.6. The highest BCUT2D eigenvalue weighted by Crippen LogP contribution is 2.36. The molecule has 4 aromatic rings. The van der Waals surface area contributed by atoms with Crippen LogP contribution in [0.25, 0.3) is 0 Å². The Morgan fingerprint density at radius 2 is 1.69 bits per heavy atom. The quantitative estimate of drug-likeness (QED) is 0.0948. The van der Waals surface area contributed by atoms with Crippen molar-refractivity contribution in [2.75, 3.05) is 33.9 Å². The number of halogens is 3. The number of pyridine rings is 1. The number of methoxy groups -OCH3 is 2. The van der Waals surface area contributed by atoms with Crippen LogP contribution in [-0.4, -0.2) is 56.8 Å². The lowest BCUT2D eigenvalue weighted by atomic mass is 9.86. The molecule has 3 aliphatic rings. The molecule has 3 saturated heterocycles. The second-order valence-electron chi connectivity index (χ2n) is 12.7. The predicted molar refractivity (Wildman–Crippen MR) is 188 cm³/mol. The number of hydrogen-bond acceptors (Lipinski definition) is 9. The lowest BCUT2D eigenvalue weighted by molar-refractivity contribution is -0.605. The lowest BCUT2D eigenvalue weighted by Crippen LogP contribution is -2.52. The molecule has 3 aromatic carbocycles. The summed E-state index contributed by atoms with van der Waals surface area (Å²) in [7, 11) is 3.01. The molecule has 0 saturated carbocycles. The molecule has 1 aromatic heterocycles. The zero-order chi connectivity index (χ0) is 36.1. The maximum atomic E-state index is 14.3. The summed E-state index contributed by atoms with van der Waals surface area (Å²) in [6.07, 6.45) is 3.27. The monoisotopic (exact) mass is 737 g/mol. The zero-order valence-corrected chi connectivity index (χ0v) is 29.7. The van der Waals surface area contributed by atoms with Crippen molar-refractivity contribution in [3.63, 3.8) is 0 Å². The van der Waals surface area contributed by atoms with Crippen molar-refractivity contribution >= 4 is 35.1 Å². The van der Waals surface area contributed by atoms with Crippen LogP contribution in [0.2, 0.25) is 10.0 Å². The average molecular weight is 739 g/mol. The maximum Gasteiger partial charge on any atom is 0.338 e. The van der Waals surface area contributed by atoms with Crippen molar-refractivity contribution in [2.24, 2.45) is 5.92 Å². The molecule has 0 aliphatic carbocycles. The molecule has 13 heteroatoms. The fourth-order valence-corrected chi connectivity index (χ4v) is 7.30. The topological polar surface area (TPSA) is 113 Å². The smallest absolute Gasteiger partial charge is 0.338 e. The van der Waals surface area contributed by atoms with Crippen molar-refractivity contribution in [1.29, 1.82) is 0 Å². The number of fused-ring (bicyclic) bond motifs is 3. The number of nitrogens with zero attached hydrogens (tertiary/aromatic N) is 2. The summed E-state index contributed by atoms with van der Waals surface area (Å²) in [5.41, 5.74) is 2.36. The normalized spacial score (nSPS) is 19.2. The van der Waals surface area contributed by atoms with Crippen LogP contribution in [0, 0.1) is 16.9 Å². The molecular formula is C38H38Cl2FN3O7. The molecule has 1 N–H and O–H groups in total. The Morgan fingerprint density at radius 1 is 0.961 bits per heavy atom. The fourth-order valence-electron chi connectivity index (χ4n) is 6.70. The maximum absolute atomic E-state index is 14.3. The highest BCUT2D eigenvalue weighted by molar-refractivity contribution is 6.35. The number of ether oxygens (including phenoxy) is 4. The highest BCUT2D eigenvalue weighted by Gasteiger charge is 2.38. The van der Waals surface area contributed by atoms with E-state index in [1.165, 1.54) is 38.7 Å². The molecule has 51 heavy (non-hydrogen) atoms. The summed E-state index contributed by atoms with van der Waals surface area (Å²) in [6, 6.07) is 16.9. The summed E-state index contributed by atoms with van der Waals surface area (Å²) in [4.78, 5) is 29.6. The van der Waals surface area contributed by atoms with E-state index >= 15 is 0 Å². The van der Waals surface area contributed by atoms with E-state index in [1.54, 1.807) is 54.6 Å². The molecular weight excluding hydrogens is 700 g/mol. The molecule has 3 fully saturated rings. The fraction of sp³-hybridized carbons (Fsp3) is 0.342. The van der Waals surface area contributed by atoms with Gasteiger partial charge in [-0.1, -0.05) is 53.5 Å². The van der Waals surface area contributed by atoms with Gasteiger partial charge in [0.1, 0.15) is 34.1 Å². The summed E-state index contributed by atoms with van der Waals surface area (Å²) in [5.74, 6) is -0.357. The first-order valence-corrected chi connectivity index (χ1v) is 17.4. The van der Waals surface area contributed by atoms with Gasteiger partial charge in [0.2, 0.25) is 0 Å². The minimum absolute atomic E-state index is 0.0536. The van der Waals surface area contributed by atoms with Crippen LogP contribution in [0.4, 0.5) is 4.39 Å². The molecule has 10 nitrogen and oxygen atoms in total. The number of esters is 2. The zero-order valence-electron chi connectivity index (χ0n) is 28.2. The Labute approximate surface area is 305 Å². The minimum Gasteiger partial charge on any atom is -0.619 e. The van der Waals surface area contributed by atoms with Crippen molar-refractivity contribution in [2.45, 2.75) is 44.1 Å². The first-order chi connectivity index (χ1) is 24.6. The largest absolute Gasteiger partial charge is 0.619 e. The van der Waals surface area contributed by atoms with Gasteiger partial charge < -0.3 is 24.2 Å². The molecule has 1 unspecified atom stereocenters. The Kier molecular flexibility index (Phi) is 11.6. The molecule has 0 radical (unpaired) electrons. The van der Waals surface area contributed by atoms with Gasteiger partial charge in [-0.15, -0.1) is 0 Å². The lowest BCUT2D eigenvalue weighted by Gasteiger charge is -2.44. The van der Waals surface area contributed by atoms with Crippen LogP contribution in [0.5, 0.6) is 11.5 Å². The SMILES string of the molecule is COc1ccc([C@H](Cc2c(Cl)c[n+]([O-])cc2Cl)OC(=O)c2cccc(CNC(C(=O)O[C@H]3CN4CCC3CC4)c3cccc(F)c3)c2)cc1OC. The first kappa shape index (κ1) is 36.4. The van der Waals surface area contributed by atoms with Gasteiger partial charge in [0.15, 0.2) is 23.9 Å². The number of nitrogens with one attached hydrogen (secondary N) is 1. The van der Waals surface area contributed by atoms with E-state index in [0.717, 1.165) is 25.9 Å². The molecule has 7 rings (SSSR count). The Hall–Kier alpha value is -4.42. The molecule has 2 bridgehead atoms. The standard InChI is InChI=1S/C38H38Cl2FN3O7/c1-48-32-10-9-25(17-34(32)49-2)33(18-29-30(39)20-44(47)21-31(29)40)50-37(45)27-7-3-5-23(15-27)19-42-36(26-6-4-8-28(41)16-26)38(46)51-35-22-43-13-11-24(35)12-14-43/h3-10,15-17,20-21,24,33,35-36,42H,11-14,18-19,22H2,1-2H3/t33-,35-,36?/m0/s1. The van der Waals surface area contributed by atoms with E-state index in [2.05, 4.69) is 10.2 Å². The molecule has 4 heterocycles. The highest BCUT2D eigenvalue weighted by atomic mass is 35.5. The van der Waals surface area contributed by atoms with Gasteiger partial charge >= 0.3 is 11.9 Å². The van der Waals surface area contributed by atoms with E-state index in [0.29, 0.717) is 50.9 Å². The summed E-state index contributed by atoms with van der Waals surface area (Å²) in [6.45, 7) is 2.88. The van der Waals surface area contributed by atoms with Crippen LogP contribution < -0.4 is 19.5 Å². The number of hydrogen-bond donors (Lipinski definition) is 1. The van der Waals surface area contributed by atoms with E-state index in [4.69, 9.17) is 42.1 Å². The second-order valence-corrected chi connectivity index (χ2v) is 13.5. The number of carbonyl (C=O) groups excluding carboxylic acids is 2. The third kappa shape index (κ3) is 8.73. The van der Waals surface area contributed by atoms with Crippen LogP contribution >= 0.6 is 23.2 Å². The van der Waals surface area contributed by atoms with Gasteiger partial charge in [-0.05, 0) is 84.9 Å². The molecule has 0 spiro atoms. The van der Waals surface area contributed by atoms with Crippen molar-refractivity contribution in [1.82, 2.24) is 10.2 Å². The van der Waals surface area contributed by atoms with Crippen LogP contribution in [0.15, 0.2) is 79.1 Å². The summed E-state index contributed by atoms with van der Waals surface area (Å²) in [5, 5.41) is 15.4. The minimum atomic E-state index is -0.936. The van der Waals surface area contributed by atoms with E-state index in [-0.39, 0.29) is 34.7 Å². The van der Waals surface area contributed by atoms with Gasteiger partial charge in [-0.25, -0.2) is 14.0 Å². The Bertz CT molecular complexity index is 1870. The van der Waals surface area contributed by atoms with Gasteiger partial charge in [0.25, 0.3) is 0 Å². The van der Waals surface area contributed by atoms with Crippen molar-refractivity contribution in [3.8, 4) is 11.5 Å². The summed E-state index contributed by atoms with van der Waals surface area (Å²) >= 11 is 12.8. The van der Waals surface area contributed by atoms with Gasteiger partial charge in [-0.2, -0.15) is 4.73 Å². The van der Waals surface area contributed by atoms with Gasteiger partial charge in [0, 0.05) is 25.1 Å². The number of piperidine rings is 3. The molecule has 0 amide bonds. The van der Waals surface area contributed by atoms with Gasteiger partial charge in [0.05, 0.1) is 19.8 Å². The van der Waals surface area contributed by atoms with Crippen LogP contribution in [0.3, 0.4) is 0 Å². The average Bonchev–Trinajstić information content (AvgIpc) is 3.13. The molecule has 3 aliphatic heterocycles. The number of carbonyl (C=O) groups is 2. The second kappa shape index (κ2) is 16.3. The Balaban J connectivity index is 1.21. The van der Waals surface area contributed by atoms with Crippen LogP contribution in [0.1, 0.15) is 57.6 Å².